The lowest BCUT2D eigenvalue weighted by Crippen LogP contribution is -2.57. The Morgan fingerprint density at radius 3 is 2.43 bits per heavy atom. The first-order chi connectivity index (χ1) is 22.1. The highest BCUT2D eigenvalue weighted by atomic mass is 16.7. The number of likely N-dealkylation sites (tertiary alicyclic amines) is 1. The standard InChI is InChI=1S/C35H38N2O9/c1-4-33(2,41)32(40)36-27-11-8-16-37(27)30(38)29-28(20-9-6-5-7-10-20)35(21-12-14-22(43-3)15-13-21)31(39)34(29,42)23-17-25-26(45-19-44-25)18-24(23)46-35/h5-7,9-10,12-15,17-18,27-29,31,39,41-42H,4,8,11,16,19H2,1-3H3,(H,36,40). The predicted octanol–water partition coefficient (Wildman–Crippen LogP) is 2.90. The maximum absolute atomic E-state index is 15.1. The zero-order valence-corrected chi connectivity index (χ0v) is 25.9. The van der Waals surface area contributed by atoms with E-state index in [0.29, 0.717) is 47.8 Å². The third-order valence-electron chi connectivity index (χ3n) is 10.3. The van der Waals surface area contributed by atoms with Crippen LogP contribution in [-0.2, 0) is 20.8 Å². The number of hydrogen-bond acceptors (Lipinski definition) is 9. The molecule has 0 aromatic heterocycles. The highest BCUT2D eigenvalue weighted by Gasteiger charge is 2.76. The normalized spacial score (nSPS) is 30.3. The van der Waals surface area contributed by atoms with E-state index in [1.165, 1.54) is 6.92 Å². The van der Waals surface area contributed by atoms with Crippen LogP contribution in [0, 0.1) is 5.92 Å². The van der Waals surface area contributed by atoms with Crippen LogP contribution in [0.5, 0.6) is 23.0 Å². The summed E-state index contributed by atoms with van der Waals surface area (Å²) in [5, 5.41) is 39.0. The first-order valence-corrected chi connectivity index (χ1v) is 15.6. The molecule has 11 nitrogen and oxygen atoms in total. The number of methoxy groups -OCH3 is 1. The minimum Gasteiger partial charge on any atom is -0.497 e. The Kier molecular flexibility index (Phi) is 7.18. The van der Waals surface area contributed by atoms with Crippen molar-refractivity contribution in [2.45, 2.75) is 68.1 Å². The molecule has 3 heterocycles. The molecule has 7 rings (SSSR count). The van der Waals surface area contributed by atoms with E-state index in [2.05, 4.69) is 5.32 Å². The second-order valence-corrected chi connectivity index (χ2v) is 12.7. The molecule has 7 atom stereocenters. The minimum absolute atomic E-state index is 0.0193. The highest BCUT2D eigenvalue weighted by molar-refractivity contribution is 5.87. The predicted molar refractivity (Wildman–Crippen MR) is 164 cm³/mol. The van der Waals surface area contributed by atoms with Crippen LogP contribution in [0.1, 0.15) is 55.7 Å². The summed E-state index contributed by atoms with van der Waals surface area (Å²) < 4.78 is 23.6. The van der Waals surface area contributed by atoms with Gasteiger partial charge >= 0.3 is 0 Å². The van der Waals surface area contributed by atoms with Gasteiger partial charge in [-0.05, 0) is 55.5 Å². The van der Waals surface area contributed by atoms with Crippen LogP contribution in [0.25, 0.3) is 0 Å². The third kappa shape index (κ3) is 4.29. The van der Waals surface area contributed by atoms with Crippen molar-refractivity contribution in [3.05, 3.63) is 83.4 Å². The summed E-state index contributed by atoms with van der Waals surface area (Å²) >= 11 is 0. The van der Waals surface area contributed by atoms with Crippen molar-refractivity contribution in [1.29, 1.82) is 0 Å². The fraction of sp³-hybridized carbons (Fsp3) is 0.429. The summed E-state index contributed by atoms with van der Waals surface area (Å²) in [7, 11) is 1.55. The lowest BCUT2D eigenvalue weighted by Gasteiger charge is -2.45. The molecule has 242 valence electrons. The molecule has 4 N–H and O–H groups in total. The molecule has 2 bridgehead atoms. The van der Waals surface area contributed by atoms with Crippen molar-refractivity contribution >= 4 is 11.8 Å². The van der Waals surface area contributed by atoms with E-state index in [-0.39, 0.29) is 24.5 Å². The Balaban J connectivity index is 1.43. The van der Waals surface area contributed by atoms with Crippen LogP contribution in [0.4, 0.5) is 0 Å². The Labute approximate surface area is 266 Å². The summed E-state index contributed by atoms with van der Waals surface area (Å²) in [4.78, 5) is 29.6. The summed E-state index contributed by atoms with van der Waals surface area (Å²) in [5.41, 5.74) is -3.98. The second kappa shape index (κ2) is 10.9. The molecule has 11 heteroatoms. The molecule has 2 amide bonds. The van der Waals surface area contributed by atoms with E-state index in [4.69, 9.17) is 18.9 Å². The average Bonchev–Trinajstić information content (AvgIpc) is 3.76. The van der Waals surface area contributed by atoms with Crippen molar-refractivity contribution in [2.24, 2.45) is 5.92 Å². The molecule has 2 fully saturated rings. The molecule has 1 saturated carbocycles. The number of carbonyl (C=O) groups is 2. The smallest absolute Gasteiger partial charge is 0.253 e. The number of fused-ring (bicyclic) bond motifs is 5. The zero-order valence-electron chi connectivity index (χ0n) is 25.9. The molecule has 3 aromatic carbocycles. The molecular formula is C35H38N2O9. The molecule has 46 heavy (non-hydrogen) atoms. The molecule has 4 aliphatic rings. The fourth-order valence-corrected chi connectivity index (χ4v) is 7.61. The highest BCUT2D eigenvalue weighted by Crippen LogP contribution is 2.67. The number of carbonyl (C=O) groups excluding carboxylic acids is 2. The van der Waals surface area contributed by atoms with Gasteiger partial charge in [-0.3, -0.25) is 9.59 Å². The molecule has 1 aliphatic carbocycles. The van der Waals surface area contributed by atoms with Crippen molar-refractivity contribution in [3.8, 4) is 23.0 Å². The molecule has 0 radical (unpaired) electrons. The van der Waals surface area contributed by atoms with Gasteiger partial charge in [0.25, 0.3) is 5.91 Å². The Hall–Kier alpha value is -4.32. The maximum Gasteiger partial charge on any atom is 0.253 e. The Morgan fingerprint density at radius 2 is 1.76 bits per heavy atom. The number of rotatable bonds is 7. The number of aliphatic hydroxyl groups excluding tert-OH is 1. The van der Waals surface area contributed by atoms with Crippen LogP contribution in [-0.4, -0.2) is 70.4 Å². The van der Waals surface area contributed by atoms with Gasteiger partial charge in [-0.1, -0.05) is 49.4 Å². The topological polar surface area (TPSA) is 147 Å². The molecule has 1 saturated heterocycles. The average molecular weight is 631 g/mol. The number of nitrogens with zero attached hydrogens (tertiary/aromatic N) is 1. The Morgan fingerprint density at radius 1 is 1.07 bits per heavy atom. The van der Waals surface area contributed by atoms with E-state index in [1.54, 1.807) is 55.3 Å². The molecular weight excluding hydrogens is 592 g/mol. The van der Waals surface area contributed by atoms with E-state index in [0.717, 1.165) is 0 Å². The number of ether oxygens (including phenoxy) is 4. The van der Waals surface area contributed by atoms with Crippen molar-refractivity contribution in [1.82, 2.24) is 10.2 Å². The monoisotopic (exact) mass is 630 g/mol. The number of benzene rings is 3. The van der Waals surface area contributed by atoms with Crippen LogP contribution in [0.3, 0.4) is 0 Å². The number of hydrogen-bond donors (Lipinski definition) is 4. The van der Waals surface area contributed by atoms with E-state index < -0.39 is 52.7 Å². The summed E-state index contributed by atoms with van der Waals surface area (Å²) in [6.07, 6.45) is -1.07. The number of aliphatic hydroxyl groups is 3. The first kappa shape index (κ1) is 30.3. The largest absolute Gasteiger partial charge is 0.497 e. The summed E-state index contributed by atoms with van der Waals surface area (Å²) in [6.45, 7) is 3.44. The van der Waals surface area contributed by atoms with E-state index in [1.807, 2.05) is 30.3 Å². The number of amides is 2. The van der Waals surface area contributed by atoms with Gasteiger partial charge in [0.15, 0.2) is 17.1 Å². The van der Waals surface area contributed by atoms with E-state index >= 15 is 4.79 Å². The zero-order chi connectivity index (χ0) is 32.4. The van der Waals surface area contributed by atoms with Gasteiger partial charge in [-0.2, -0.15) is 0 Å². The van der Waals surface area contributed by atoms with Gasteiger partial charge in [-0.15, -0.1) is 0 Å². The molecule has 0 spiro atoms. The van der Waals surface area contributed by atoms with Crippen LogP contribution < -0.4 is 24.3 Å². The Bertz CT molecular complexity index is 1660. The van der Waals surface area contributed by atoms with Gasteiger partial charge in [0.2, 0.25) is 12.7 Å². The summed E-state index contributed by atoms with van der Waals surface area (Å²) in [5.74, 6) is -1.57. The van der Waals surface area contributed by atoms with Gasteiger partial charge in [0, 0.05) is 24.1 Å². The molecule has 7 unspecified atom stereocenters. The SMILES string of the molecule is CCC(C)(O)C(=O)NC1CCCN1C(=O)C1C(c2ccccc2)C2(c3ccc(OC)cc3)Oc3cc4c(cc3C1(O)C2O)OCO4. The first-order valence-electron chi connectivity index (χ1n) is 15.6. The van der Waals surface area contributed by atoms with Gasteiger partial charge < -0.3 is 44.5 Å². The van der Waals surface area contributed by atoms with E-state index in [9.17, 15) is 20.1 Å². The van der Waals surface area contributed by atoms with Crippen molar-refractivity contribution < 1.29 is 43.9 Å². The van der Waals surface area contributed by atoms with Gasteiger partial charge in [0.05, 0.1) is 13.0 Å². The minimum atomic E-state index is -2.15. The van der Waals surface area contributed by atoms with Crippen LogP contribution in [0.2, 0.25) is 0 Å². The quantitative estimate of drug-likeness (QED) is 0.310. The molecule has 3 aromatic rings. The van der Waals surface area contributed by atoms with Crippen LogP contribution in [0.15, 0.2) is 66.7 Å². The lowest BCUT2D eigenvalue weighted by molar-refractivity contribution is -0.167. The fourth-order valence-electron chi connectivity index (χ4n) is 7.61. The third-order valence-corrected chi connectivity index (χ3v) is 10.3. The maximum atomic E-state index is 15.1. The number of nitrogens with one attached hydrogen (secondary N) is 1. The lowest BCUT2D eigenvalue weighted by atomic mass is 9.75. The summed E-state index contributed by atoms with van der Waals surface area (Å²) in [6, 6.07) is 19.5. The van der Waals surface area contributed by atoms with Crippen molar-refractivity contribution in [3.63, 3.8) is 0 Å². The van der Waals surface area contributed by atoms with Crippen molar-refractivity contribution in [2.75, 3.05) is 20.4 Å². The second-order valence-electron chi connectivity index (χ2n) is 12.7. The van der Waals surface area contributed by atoms with Crippen LogP contribution >= 0.6 is 0 Å². The molecule has 3 aliphatic heterocycles. The van der Waals surface area contributed by atoms with Gasteiger partial charge in [-0.25, -0.2) is 0 Å². The van der Waals surface area contributed by atoms with Gasteiger partial charge in [0.1, 0.15) is 35.0 Å².